The zero-order valence-corrected chi connectivity index (χ0v) is 17.1. The Morgan fingerprint density at radius 2 is 1.62 bits per heavy atom. The van der Waals surface area contributed by atoms with E-state index in [2.05, 4.69) is 10.3 Å². The molecule has 140 valence electrons. The number of benzene rings is 1. The molecule has 2 fully saturated rings. The molecule has 0 unspecified atom stereocenters. The number of thiazole rings is 1. The minimum atomic E-state index is -3.37. The zero-order valence-electron chi connectivity index (χ0n) is 14.6. The lowest BCUT2D eigenvalue weighted by Gasteiger charge is -2.26. The summed E-state index contributed by atoms with van der Waals surface area (Å²) >= 11 is 3.65. The van der Waals surface area contributed by atoms with Crippen LogP contribution < -0.4 is 4.90 Å². The Kier molecular flexibility index (Phi) is 5.54. The first kappa shape index (κ1) is 18.3. The van der Waals surface area contributed by atoms with Crippen molar-refractivity contribution < 1.29 is 8.42 Å². The van der Waals surface area contributed by atoms with Gasteiger partial charge >= 0.3 is 0 Å². The topological polar surface area (TPSA) is 53.5 Å². The van der Waals surface area contributed by atoms with Crippen molar-refractivity contribution in [3.63, 3.8) is 0 Å². The second kappa shape index (κ2) is 7.88. The number of nitrogens with zero attached hydrogens (tertiary/aromatic N) is 3. The van der Waals surface area contributed by atoms with Crippen molar-refractivity contribution in [1.82, 2.24) is 9.29 Å². The molecule has 1 aromatic carbocycles. The van der Waals surface area contributed by atoms with Gasteiger partial charge in [0.15, 0.2) is 5.13 Å². The predicted octanol–water partition coefficient (Wildman–Crippen LogP) is 3.54. The third-order valence-corrected chi connectivity index (χ3v) is 8.63. The molecule has 1 aromatic heterocycles. The standard InChI is InChI=1S/C18H23N3O2S3/c22-26(23,21-8-2-1-3-9-21)16-6-4-15(5-7-16)17-14-25-18(19-17)20-10-12-24-13-11-20/h4-7,14H,1-3,8-13H2. The van der Waals surface area contributed by atoms with Crippen LogP contribution in [0.2, 0.25) is 0 Å². The Balaban J connectivity index is 1.51. The highest BCUT2D eigenvalue weighted by molar-refractivity contribution is 7.99. The predicted molar refractivity (Wildman–Crippen MR) is 110 cm³/mol. The Labute approximate surface area is 163 Å². The first-order chi connectivity index (χ1) is 12.6. The number of thioether (sulfide) groups is 1. The Morgan fingerprint density at radius 1 is 0.923 bits per heavy atom. The van der Waals surface area contributed by atoms with Crippen LogP contribution in [0.25, 0.3) is 11.3 Å². The number of aromatic nitrogens is 1. The summed E-state index contributed by atoms with van der Waals surface area (Å²) in [5.74, 6) is 2.30. The summed E-state index contributed by atoms with van der Waals surface area (Å²) in [7, 11) is -3.37. The molecule has 2 aliphatic rings. The molecule has 2 aromatic rings. The van der Waals surface area contributed by atoms with E-state index in [1.807, 2.05) is 23.9 Å². The lowest BCUT2D eigenvalue weighted by molar-refractivity contribution is 0.346. The normalized spacial score (nSPS) is 19.6. The Morgan fingerprint density at radius 3 is 2.31 bits per heavy atom. The molecule has 0 saturated carbocycles. The van der Waals surface area contributed by atoms with Gasteiger partial charge in [0.1, 0.15) is 0 Å². The lowest BCUT2D eigenvalue weighted by Crippen LogP contribution is -2.35. The average molecular weight is 410 g/mol. The molecule has 0 N–H and O–H groups in total. The summed E-state index contributed by atoms with van der Waals surface area (Å²) in [6.45, 7) is 3.36. The van der Waals surface area contributed by atoms with Crippen LogP contribution >= 0.6 is 23.1 Å². The highest BCUT2D eigenvalue weighted by Crippen LogP contribution is 2.30. The lowest BCUT2D eigenvalue weighted by atomic mass is 10.2. The highest BCUT2D eigenvalue weighted by atomic mass is 32.2. The van der Waals surface area contributed by atoms with E-state index in [0.717, 1.165) is 60.2 Å². The van der Waals surface area contributed by atoms with Crippen LogP contribution in [0, 0.1) is 0 Å². The van der Waals surface area contributed by atoms with Crippen molar-refractivity contribution in [2.75, 3.05) is 42.6 Å². The molecule has 0 aliphatic carbocycles. The van der Waals surface area contributed by atoms with Gasteiger partial charge in [-0.25, -0.2) is 13.4 Å². The van der Waals surface area contributed by atoms with E-state index in [9.17, 15) is 8.42 Å². The number of piperidine rings is 1. The summed E-state index contributed by atoms with van der Waals surface area (Å²) < 4.78 is 27.1. The van der Waals surface area contributed by atoms with Gasteiger partial charge in [-0.15, -0.1) is 11.3 Å². The molecule has 4 rings (SSSR count). The number of rotatable bonds is 4. The van der Waals surface area contributed by atoms with Crippen LogP contribution in [0.3, 0.4) is 0 Å². The van der Waals surface area contributed by atoms with Crippen molar-refractivity contribution in [2.24, 2.45) is 0 Å². The summed E-state index contributed by atoms with van der Waals surface area (Å²) in [6, 6.07) is 7.19. The molecule has 2 saturated heterocycles. The first-order valence-electron chi connectivity index (χ1n) is 9.03. The van der Waals surface area contributed by atoms with Gasteiger partial charge in [-0.1, -0.05) is 18.6 Å². The molecular weight excluding hydrogens is 386 g/mol. The van der Waals surface area contributed by atoms with Gasteiger partial charge in [0.25, 0.3) is 0 Å². The van der Waals surface area contributed by atoms with Gasteiger partial charge in [-0.3, -0.25) is 0 Å². The zero-order chi connectivity index (χ0) is 18.0. The summed E-state index contributed by atoms with van der Waals surface area (Å²) in [4.78, 5) is 7.48. The van der Waals surface area contributed by atoms with Crippen LogP contribution in [0.15, 0.2) is 34.5 Å². The first-order valence-corrected chi connectivity index (χ1v) is 12.5. The van der Waals surface area contributed by atoms with Gasteiger partial charge in [0.2, 0.25) is 10.0 Å². The summed E-state index contributed by atoms with van der Waals surface area (Å²) in [6.07, 6.45) is 3.02. The minimum absolute atomic E-state index is 0.381. The van der Waals surface area contributed by atoms with Gasteiger partial charge in [0, 0.05) is 48.6 Å². The fourth-order valence-electron chi connectivity index (χ4n) is 3.35. The molecule has 0 atom stereocenters. The quantitative estimate of drug-likeness (QED) is 0.773. The highest BCUT2D eigenvalue weighted by Gasteiger charge is 2.25. The van der Waals surface area contributed by atoms with E-state index in [-0.39, 0.29) is 0 Å². The number of sulfonamides is 1. The van der Waals surface area contributed by atoms with Gasteiger partial charge < -0.3 is 4.90 Å². The monoisotopic (exact) mass is 409 g/mol. The van der Waals surface area contributed by atoms with E-state index >= 15 is 0 Å². The van der Waals surface area contributed by atoms with Crippen LogP contribution in [-0.2, 0) is 10.0 Å². The maximum Gasteiger partial charge on any atom is 0.243 e. The van der Waals surface area contributed by atoms with Crippen molar-refractivity contribution in [1.29, 1.82) is 0 Å². The molecular formula is C18H23N3O2S3. The molecule has 0 radical (unpaired) electrons. The third kappa shape index (κ3) is 3.78. The SMILES string of the molecule is O=S(=O)(c1ccc(-c2csc(N3CCSCC3)n2)cc1)N1CCCCC1. The van der Waals surface area contributed by atoms with E-state index in [4.69, 9.17) is 4.98 Å². The van der Waals surface area contributed by atoms with E-state index in [1.54, 1.807) is 27.8 Å². The van der Waals surface area contributed by atoms with Gasteiger partial charge in [-0.05, 0) is 25.0 Å². The maximum absolute atomic E-state index is 12.7. The van der Waals surface area contributed by atoms with Crippen LogP contribution in [0.1, 0.15) is 19.3 Å². The number of hydrogen-bond acceptors (Lipinski definition) is 6. The fraction of sp³-hybridized carbons (Fsp3) is 0.500. The minimum Gasteiger partial charge on any atom is -0.346 e. The Bertz CT molecular complexity index is 837. The number of anilines is 1. The molecule has 8 heteroatoms. The molecule has 3 heterocycles. The molecule has 26 heavy (non-hydrogen) atoms. The fourth-order valence-corrected chi connectivity index (χ4v) is 6.66. The van der Waals surface area contributed by atoms with Crippen LogP contribution in [-0.4, -0.2) is 55.4 Å². The van der Waals surface area contributed by atoms with Crippen molar-refractivity contribution in [3.05, 3.63) is 29.6 Å². The molecule has 2 aliphatic heterocycles. The van der Waals surface area contributed by atoms with Crippen molar-refractivity contribution in [3.8, 4) is 11.3 Å². The summed E-state index contributed by atoms with van der Waals surface area (Å²) in [5, 5.41) is 3.12. The average Bonchev–Trinajstić information content (AvgIpc) is 3.20. The second-order valence-electron chi connectivity index (χ2n) is 6.60. The molecule has 5 nitrogen and oxygen atoms in total. The summed E-state index contributed by atoms with van der Waals surface area (Å²) in [5.41, 5.74) is 1.89. The van der Waals surface area contributed by atoms with E-state index in [1.165, 1.54) is 0 Å². The second-order valence-corrected chi connectivity index (χ2v) is 10.6. The van der Waals surface area contributed by atoms with Crippen LogP contribution in [0.5, 0.6) is 0 Å². The van der Waals surface area contributed by atoms with Crippen molar-refractivity contribution in [2.45, 2.75) is 24.2 Å². The van der Waals surface area contributed by atoms with Crippen LogP contribution in [0.4, 0.5) is 5.13 Å². The van der Waals surface area contributed by atoms with E-state index < -0.39 is 10.0 Å². The number of hydrogen-bond donors (Lipinski definition) is 0. The molecule has 0 spiro atoms. The van der Waals surface area contributed by atoms with E-state index in [0.29, 0.717) is 18.0 Å². The Hall–Kier alpha value is -1.09. The smallest absolute Gasteiger partial charge is 0.243 e. The third-order valence-electron chi connectivity index (χ3n) is 4.88. The van der Waals surface area contributed by atoms with Crippen molar-refractivity contribution >= 4 is 38.3 Å². The van der Waals surface area contributed by atoms with Gasteiger partial charge in [0.05, 0.1) is 10.6 Å². The molecule has 0 bridgehead atoms. The van der Waals surface area contributed by atoms with Gasteiger partial charge in [-0.2, -0.15) is 16.1 Å². The molecule has 0 amide bonds. The largest absolute Gasteiger partial charge is 0.346 e. The maximum atomic E-state index is 12.7.